The minimum absolute atomic E-state index is 0.170. The highest BCUT2D eigenvalue weighted by atomic mass is 79.9. The van der Waals surface area contributed by atoms with E-state index in [1.165, 1.54) is 14.0 Å². The topological polar surface area (TPSA) is 82.1 Å². The number of nitrogens with zero attached hydrogens (tertiary/aromatic N) is 1. The molecule has 2 rings (SSSR count). The fourth-order valence-corrected chi connectivity index (χ4v) is 3.92. The first-order valence-corrected chi connectivity index (χ1v) is 9.99. The van der Waals surface area contributed by atoms with Crippen LogP contribution in [0.1, 0.15) is 19.4 Å². The molecule has 1 heterocycles. The largest absolute Gasteiger partial charge is 0.493 e. The molecule has 150 valence electrons. The molecule has 28 heavy (non-hydrogen) atoms. The molecule has 0 N–H and O–H groups in total. The number of hydrogen-bond donors (Lipinski definition) is 0. The van der Waals surface area contributed by atoms with Crippen molar-refractivity contribution in [3.63, 3.8) is 0 Å². The lowest BCUT2D eigenvalue weighted by Crippen LogP contribution is -2.42. The Morgan fingerprint density at radius 2 is 2.11 bits per heavy atom. The molecule has 0 unspecified atom stereocenters. The second-order valence-corrected chi connectivity index (χ2v) is 7.46. The van der Waals surface area contributed by atoms with E-state index < -0.39 is 23.2 Å². The molecule has 1 atom stereocenters. The standard InChI is InChI=1S/C19H20BrNO6S/c1-5-7-27-16-13(20)8-12(9-14(16)25-4)10-15-17(22)21(19(24)28-15)11(3)18(23)26-6-2/h5,8-11H,1,6-7H2,2-4H3/b15-10+/t11-/m0/s1. The summed E-state index contributed by atoms with van der Waals surface area (Å²) in [6.07, 6.45) is 3.17. The molecule has 1 aromatic rings. The van der Waals surface area contributed by atoms with Gasteiger partial charge in [0.1, 0.15) is 12.6 Å². The van der Waals surface area contributed by atoms with Crippen molar-refractivity contribution < 1.29 is 28.6 Å². The van der Waals surface area contributed by atoms with Crippen LogP contribution in [-0.2, 0) is 14.3 Å². The fourth-order valence-electron chi connectivity index (χ4n) is 2.44. The predicted molar refractivity (Wildman–Crippen MR) is 110 cm³/mol. The molecule has 1 aliphatic rings. The van der Waals surface area contributed by atoms with Crippen molar-refractivity contribution >= 4 is 50.9 Å². The van der Waals surface area contributed by atoms with Crippen molar-refractivity contribution in [2.75, 3.05) is 20.3 Å². The van der Waals surface area contributed by atoms with Crippen LogP contribution in [0.4, 0.5) is 4.79 Å². The summed E-state index contributed by atoms with van der Waals surface area (Å²) in [7, 11) is 1.50. The zero-order valence-electron chi connectivity index (χ0n) is 15.7. The molecule has 0 saturated carbocycles. The van der Waals surface area contributed by atoms with Gasteiger partial charge in [0, 0.05) is 0 Å². The smallest absolute Gasteiger partial charge is 0.329 e. The number of amides is 2. The minimum atomic E-state index is -0.991. The highest BCUT2D eigenvalue weighted by molar-refractivity contribution is 9.10. The van der Waals surface area contributed by atoms with Crippen molar-refractivity contribution in [2.24, 2.45) is 0 Å². The lowest BCUT2D eigenvalue weighted by Gasteiger charge is -2.19. The highest BCUT2D eigenvalue weighted by Crippen LogP contribution is 2.39. The minimum Gasteiger partial charge on any atom is -0.493 e. The van der Waals surface area contributed by atoms with Crippen LogP contribution in [0.5, 0.6) is 11.5 Å². The van der Waals surface area contributed by atoms with Crippen molar-refractivity contribution in [1.29, 1.82) is 0 Å². The van der Waals surface area contributed by atoms with Crippen LogP contribution in [0, 0.1) is 0 Å². The van der Waals surface area contributed by atoms with Crippen LogP contribution < -0.4 is 9.47 Å². The molecule has 9 heteroatoms. The first-order valence-electron chi connectivity index (χ1n) is 8.38. The molecular weight excluding hydrogens is 450 g/mol. The first-order chi connectivity index (χ1) is 13.3. The van der Waals surface area contributed by atoms with Gasteiger partial charge in [-0.1, -0.05) is 12.7 Å². The van der Waals surface area contributed by atoms with E-state index in [4.69, 9.17) is 14.2 Å². The number of carbonyl (C=O) groups excluding carboxylic acids is 3. The Morgan fingerprint density at radius 1 is 1.39 bits per heavy atom. The molecule has 0 radical (unpaired) electrons. The summed E-state index contributed by atoms with van der Waals surface area (Å²) in [4.78, 5) is 37.9. The predicted octanol–water partition coefficient (Wildman–Crippen LogP) is 4.01. The molecule has 1 fully saturated rings. The van der Waals surface area contributed by atoms with Crippen LogP contribution >= 0.6 is 27.7 Å². The Balaban J connectivity index is 2.32. The number of esters is 1. The van der Waals surface area contributed by atoms with Gasteiger partial charge in [-0.05, 0) is 65.3 Å². The van der Waals surface area contributed by atoms with Crippen LogP contribution in [0.2, 0.25) is 0 Å². The maximum absolute atomic E-state index is 12.6. The van der Waals surface area contributed by atoms with E-state index in [1.807, 2.05) is 0 Å². The molecule has 0 bridgehead atoms. The van der Waals surface area contributed by atoms with Crippen LogP contribution in [-0.4, -0.2) is 48.4 Å². The van der Waals surface area contributed by atoms with E-state index >= 15 is 0 Å². The molecule has 1 aromatic carbocycles. The van der Waals surface area contributed by atoms with E-state index in [0.717, 1.165) is 16.7 Å². The summed E-state index contributed by atoms with van der Waals surface area (Å²) in [5, 5.41) is -0.520. The third kappa shape index (κ3) is 4.77. The quantitative estimate of drug-likeness (QED) is 0.323. The van der Waals surface area contributed by atoms with Gasteiger partial charge in [-0.2, -0.15) is 0 Å². The maximum Gasteiger partial charge on any atom is 0.329 e. The van der Waals surface area contributed by atoms with Gasteiger partial charge in [-0.3, -0.25) is 14.5 Å². The van der Waals surface area contributed by atoms with Gasteiger partial charge in [0.15, 0.2) is 11.5 Å². The average molecular weight is 470 g/mol. The van der Waals surface area contributed by atoms with Crippen molar-refractivity contribution in [3.8, 4) is 11.5 Å². The molecule has 0 spiro atoms. The van der Waals surface area contributed by atoms with Crippen LogP contribution in [0.25, 0.3) is 6.08 Å². The van der Waals surface area contributed by atoms with E-state index in [9.17, 15) is 14.4 Å². The number of benzene rings is 1. The Morgan fingerprint density at radius 3 is 2.71 bits per heavy atom. The Labute approximate surface area is 175 Å². The molecule has 1 aliphatic heterocycles. The van der Waals surface area contributed by atoms with Gasteiger partial charge >= 0.3 is 5.97 Å². The van der Waals surface area contributed by atoms with Crippen molar-refractivity contribution in [1.82, 2.24) is 4.90 Å². The van der Waals surface area contributed by atoms with E-state index in [2.05, 4.69) is 22.5 Å². The number of ether oxygens (including phenoxy) is 3. The van der Waals surface area contributed by atoms with Crippen molar-refractivity contribution in [2.45, 2.75) is 19.9 Å². The Kier molecular flexibility index (Phi) is 7.70. The first kappa shape index (κ1) is 22.0. The number of imide groups is 1. The SMILES string of the molecule is C=CCOc1c(Br)cc(/C=C2/SC(=O)N([C@@H](C)C(=O)OCC)C2=O)cc1OC. The van der Waals surface area contributed by atoms with Gasteiger partial charge in [-0.15, -0.1) is 0 Å². The Bertz CT molecular complexity index is 838. The molecule has 7 nitrogen and oxygen atoms in total. The second-order valence-electron chi connectivity index (χ2n) is 5.61. The van der Waals surface area contributed by atoms with Crippen molar-refractivity contribution in [3.05, 3.63) is 39.7 Å². The third-order valence-electron chi connectivity index (χ3n) is 3.73. The van der Waals surface area contributed by atoms with Gasteiger partial charge < -0.3 is 14.2 Å². The molecule has 0 aromatic heterocycles. The van der Waals surface area contributed by atoms with Crippen LogP contribution in [0.3, 0.4) is 0 Å². The van der Waals surface area contributed by atoms with E-state index in [1.54, 1.807) is 31.2 Å². The molecule has 1 saturated heterocycles. The third-order valence-corrected chi connectivity index (χ3v) is 5.21. The Hall–Kier alpha value is -2.26. The summed E-state index contributed by atoms with van der Waals surface area (Å²) < 4.78 is 16.4. The zero-order valence-corrected chi connectivity index (χ0v) is 18.1. The summed E-state index contributed by atoms with van der Waals surface area (Å²) in [5.74, 6) is -0.206. The number of carbonyl (C=O) groups is 3. The van der Waals surface area contributed by atoms with Gasteiger partial charge in [-0.25, -0.2) is 4.79 Å². The normalized spacial score (nSPS) is 16.3. The number of thioether (sulfide) groups is 1. The second kappa shape index (κ2) is 9.79. The summed E-state index contributed by atoms with van der Waals surface area (Å²) in [5.41, 5.74) is 0.629. The zero-order chi connectivity index (χ0) is 20.8. The van der Waals surface area contributed by atoms with E-state index in [-0.39, 0.29) is 11.5 Å². The summed E-state index contributed by atoms with van der Waals surface area (Å²) >= 11 is 4.19. The number of rotatable bonds is 8. The highest BCUT2D eigenvalue weighted by Gasteiger charge is 2.41. The molecular formula is C19H20BrNO6S. The number of halogens is 1. The van der Waals surface area contributed by atoms with Gasteiger partial charge in [0.05, 0.1) is 23.1 Å². The average Bonchev–Trinajstić information content (AvgIpc) is 2.93. The number of methoxy groups -OCH3 is 1. The maximum atomic E-state index is 12.6. The summed E-state index contributed by atoms with van der Waals surface area (Å²) in [6.45, 7) is 7.20. The lowest BCUT2D eigenvalue weighted by atomic mass is 10.1. The van der Waals surface area contributed by atoms with Crippen LogP contribution in [0.15, 0.2) is 34.2 Å². The lowest BCUT2D eigenvalue weighted by molar-refractivity contribution is -0.150. The van der Waals surface area contributed by atoms with E-state index in [0.29, 0.717) is 28.1 Å². The fraction of sp³-hybridized carbons (Fsp3) is 0.316. The molecule has 0 aliphatic carbocycles. The van der Waals surface area contributed by atoms with Gasteiger partial charge in [0.2, 0.25) is 0 Å². The summed E-state index contributed by atoms with van der Waals surface area (Å²) in [6, 6.07) is 2.43. The van der Waals surface area contributed by atoms with Gasteiger partial charge in [0.25, 0.3) is 11.1 Å². The monoisotopic (exact) mass is 469 g/mol. The molecule has 2 amide bonds. The number of hydrogen-bond acceptors (Lipinski definition) is 7.